The summed E-state index contributed by atoms with van der Waals surface area (Å²) in [5.74, 6) is -1.51. The fourth-order valence-electron chi connectivity index (χ4n) is 0.980. The van der Waals surface area contributed by atoms with Crippen LogP contribution in [0.4, 0.5) is 0 Å². The number of carbonyl (C=O) groups is 3. The minimum atomic E-state index is -1.07. The molecule has 0 aliphatic carbocycles. The van der Waals surface area contributed by atoms with Crippen molar-refractivity contribution in [3.05, 3.63) is 0 Å². The summed E-state index contributed by atoms with van der Waals surface area (Å²) in [7, 11) is 0. The first-order chi connectivity index (χ1) is 7.25. The van der Waals surface area contributed by atoms with E-state index >= 15 is 0 Å². The quantitative estimate of drug-likeness (QED) is 0.548. The van der Waals surface area contributed by atoms with E-state index in [1.54, 1.807) is 0 Å². The van der Waals surface area contributed by atoms with Gasteiger partial charge in [0.1, 0.15) is 0 Å². The Labute approximate surface area is 94.4 Å². The molecule has 6 nitrogen and oxygen atoms in total. The van der Waals surface area contributed by atoms with E-state index in [2.05, 4.69) is 10.6 Å². The predicted octanol–water partition coefficient (Wildman–Crippen LogP) is -0.260. The fourth-order valence-corrected chi connectivity index (χ4v) is 0.980. The number of hydrogen-bond donors (Lipinski definition) is 3. The third-order valence-corrected chi connectivity index (χ3v) is 2.00. The van der Waals surface area contributed by atoms with Gasteiger partial charge in [0.2, 0.25) is 11.8 Å². The second kappa shape index (κ2) is 6.09. The highest BCUT2D eigenvalue weighted by Crippen LogP contribution is 2.19. The fraction of sp³-hybridized carbons (Fsp3) is 0.700. The van der Waals surface area contributed by atoms with Crippen LogP contribution in [-0.2, 0) is 14.4 Å². The molecule has 2 amide bonds. The van der Waals surface area contributed by atoms with Crippen molar-refractivity contribution in [2.75, 3.05) is 13.1 Å². The van der Waals surface area contributed by atoms with Gasteiger partial charge in [-0.05, 0) is 13.8 Å². The first-order valence-electron chi connectivity index (χ1n) is 5.00. The zero-order valence-corrected chi connectivity index (χ0v) is 9.79. The van der Waals surface area contributed by atoms with E-state index in [0.29, 0.717) is 13.1 Å². The molecular formula is C10H18N2O4. The van der Waals surface area contributed by atoms with Crippen LogP contribution in [0, 0.1) is 5.41 Å². The molecule has 0 aromatic rings. The molecule has 0 aromatic heterocycles. The van der Waals surface area contributed by atoms with Gasteiger partial charge in [0.15, 0.2) is 0 Å². The van der Waals surface area contributed by atoms with Crippen molar-refractivity contribution in [1.29, 1.82) is 0 Å². The lowest BCUT2D eigenvalue weighted by atomic mass is 9.89. The van der Waals surface area contributed by atoms with Crippen molar-refractivity contribution in [3.8, 4) is 0 Å². The molecular weight excluding hydrogens is 212 g/mol. The predicted molar refractivity (Wildman–Crippen MR) is 57.7 cm³/mol. The van der Waals surface area contributed by atoms with Crippen molar-refractivity contribution >= 4 is 17.8 Å². The minimum Gasteiger partial charge on any atom is -0.481 e. The van der Waals surface area contributed by atoms with Gasteiger partial charge in [-0.3, -0.25) is 14.4 Å². The van der Waals surface area contributed by atoms with Gasteiger partial charge in [0.05, 0.1) is 5.41 Å². The van der Waals surface area contributed by atoms with Crippen LogP contribution >= 0.6 is 0 Å². The average molecular weight is 230 g/mol. The summed E-state index contributed by atoms with van der Waals surface area (Å²) < 4.78 is 0. The molecule has 0 heterocycles. The second-order valence-electron chi connectivity index (χ2n) is 4.20. The van der Waals surface area contributed by atoms with Crippen molar-refractivity contribution in [1.82, 2.24) is 10.6 Å². The Balaban J connectivity index is 3.83. The number of hydrogen-bond acceptors (Lipinski definition) is 3. The van der Waals surface area contributed by atoms with Crippen molar-refractivity contribution < 1.29 is 19.5 Å². The first-order valence-corrected chi connectivity index (χ1v) is 5.00. The van der Waals surface area contributed by atoms with Crippen LogP contribution < -0.4 is 10.6 Å². The number of amides is 2. The standard InChI is InChI=1S/C10H18N2O4/c1-7(13)11-4-5-12-8(14)6-10(2,3)9(15)16/h4-6H2,1-3H3,(H,11,13)(H,12,14)(H,15,16). The van der Waals surface area contributed by atoms with Crippen LogP contribution in [-0.4, -0.2) is 36.0 Å². The van der Waals surface area contributed by atoms with E-state index in [1.165, 1.54) is 20.8 Å². The average Bonchev–Trinajstić information content (AvgIpc) is 2.11. The Morgan fingerprint density at radius 1 is 1.12 bits per heavy atom. The van der Waals surface area contributed by atoms with E-state index < -0.39 is 11.4 Å². The van der Waals surface area contributed by atoms with Crippen molar-refractivity contribution in [2.24, 2.45) is 5.41 Å². The molecule has 92 valence electrons. The molecule has 0 atom stereocenters. The molecule has 0 radical (unpaired) electrons. The molecule has 3 N–H and O–H groups in total. The Hall–Kier alpha value is -1.59. The van der Waals surface area contributed by atoms with Crippen LogP contribution in [0.15, 0.2) is 0 Å². The zero-order chi connectivity index (χ0) is 12.8. The van der Waals surface area contributed by atoms with Crippen LogP contribution in [0.25, 0.3) is 0 Å². The Kier molecular flexibility index (Phi) is 5.49. The van der Waals surface area contributed by atoms with E-state index in [-0.39, 0.29) is 18.2 Å². The van der Waals surface area contributed by atoms with Gasteiger partial charge in [-0.2, -0.15) is 0 Å². The third-order valence-electron chi connectivity index (χ3n) is 2.00. The van der Waals surface area contributed by atoms with Crippen molar-refractivity contribution in [3.63, 3.8) is 0 Å². The van der Waals surface area contributed by atoms with Crippen molar-refractivity contribution in [2.45, 2.75) is 27.2 Å². The van der Waals surface area contributed by atoms with Crippen LogP contribution in [0.2, 0.25) is 0 Å². The SMILES string of the molecule is CC(=O)NCCNC(=O)CC(C)(C)C(=O)O. The van der Waals surface area contributed by atoms with Gasteiger partial charge in [0, 0.05) is 26.4 Å². The largest absolute Gasteiger partial charge is 0.481 e. The minimum absolute atomic E-state index is 0.0809. The summed E-state index contributed by atoms with van der Waals surface area (Å²) in [6.45, 7) is 5.00. The number of carbonyl (C=O) groups excluding carboxylic acids is 2. The molecule has 0 bridgehead atoms. The molecule has 0 saturated carbocycles. The topological polar surface area (TPSA) is 95.5 Å². The zero-order valence-electron chi connectivity index (χ0n) is 9.79. The highest BCUT2D eigenvalue weighted by molar-refractivity contribution is 5.84. The van der Waals surface area contributed by atoms with Gasteiger partial charge < -0.3 is 15.7 Å². The molecule has 0 unspecified atom stereocenters. The molecule has 16 heavy (non-hydrogen) atoms. The molecule has 6 heteroatoms. The van der Waals surface area contributed by atoms with Gasteiger partial charge in [0.25, 0.3) is 0 Å². The number of carboxylic acids is 1. The normalized spacial score (nSPS) is 10.7. The Bertz CT molecular complexity index is 287. The monoisotopic (exact) mass is 230 g/mol. The number of rotatable bonds is 6. The van der Waals surface area contributed by atoms with E-state index in [0.717, 1.165) is 0 Å². The lowest BCUT2D eigenvalue weighted by Gasteiger charge is -2.18. The smallest absolute Gasteiger partial charge is 0.309 e. The highest BCUT2D eigenvalue weighted by Gasteiger charge is 2.29. The maximum absolute atomic E-state index is 11.3. The van der Waals surface area contributed by atoms with Gasteiger partial charge in [-0.15, -0.1) is 0 Å². The molecule has 0 spiro atoms. The van der Waals surface area contributed by atoms with Gasteiger partial charge >= 0.3 is 5.97 Å². The van der Waals surface area contributed by atoms with E-state index in [9.17, 15) is 14.4 Å². The molecule has 0 aliphatic rings. The van der Waals surface area contributed by atoms with Crippen LogP contribution in [0.5, 0.6) is 0 Å². The highest BCUT2D eigenvalue weighted by atomic mass is 16.4. The number of aliphatic carboxylic acids is 1. The van der Waals surface area contributed by atoms with E-state index in [4.69, 9.17) is 5.11 Å². The summed E-state index contributed by atoms with van der Waals surface area (Å²) in [6.07, 6.45) is -0.0809. The molecule has 0 saturated heterocycles. The Morgan fingerprint density at radius 3 is 2.06 bits per heavy atom. The number of nitrogens with one attached hydrogen (secondary N) is 2. The molecule has 0 aromatic carbocycles. The molecule has 0 fully saturated rings. The Morgan fingerprint density at radius 2 is 1.62 bits per heavy atom. The number of carboxylic acid groups (broad SMARTS) is 1. The summed E-state index contributed by atoms with van der Waals surface area (Å²) in [5.41, 5.74) is -1.07. The molecule has 0 aliphatic heterocycles. The lowest BCUT2D eigenvalue weighted by molar-refractivity contribution is -0.149. The summed E-state index contributed by atoms with van der Waals surface area (Å²) >= 11 is 0. The maximum atomic E-state index is 11.3. The summed E-state index contributed by atoms with van der Waals surface area (Å²) in [4.78, 5) is 32.6. The summed E-state index contributed by atoms with van der Waals surface area (Å²) in [5, 5.41) is 13.8. The van der Waals surface area contributed by atoms with Gasteiger partial charge in [-0.1, -0.05) is 0 Å². The van der Waals surface area contributed by atoms with Crippen LogP contribution in [0.1, 0.15) is 27.2 Å². The van der Waals surface area contributed by atoms with Crippen LogP contribution in [0.3, 0.4) is 0 Å². The maximum Gasteiger partial charge on any atom is 0.309 e. The summed E-state index contributed by atoms with van der Waals surface area (Å²) in [6, 6.07) is 0. The van der Waals surface area contributed by atoms with E-state index in [1.807, 2.05) is 0 Å². The lowest BCUT2D eigenvalue weighted by Crippen LogP contribution is -2.37. The molecule has 0 rings (SSSR count). The first kappa shape index (κ1) is 14.4. The third kappa shape index (κ3) is 6.00. The van der Waals surface area contributed by atoms with Gasteiger partial charge in [-0.25, -0.2) is 0 Å². The second-order valence-corrected chi connectivity index (χ2v) is 4.20.